The fourth-order valence-corrected chi connectivity index (χ4v) is 1.40. The van der Waals surface area contributed by atoms with Crippen LogP contribution >= 0.6 is 11.6 Å². The highest BCUT2D eigenvalue weighted by atomic mass is 35.5. The normalized spacial score (nSPS) is 10.4. The molecule has 1 N–H and O–H groups in total. The first-order chi connectivity index (χ1) is 6.68. The molecule has 0 aliphatic heterocycles. The van der Waals surface area contributed by atoms with Crippen molar-refractivity contribution in [2.24, 2.45) is 0 Å². The van der Waals surface area contributed by atoms with E-state index < -0.39 is 5.97 Å². The number of hydrogen-bond donors (Lipinski definition) is 1. The van der Waals surface area contributed by atoms with Crippen molar-refractivity contribution in [1.29, 1.82) is 0 Å². The standard InChI is InChI=1S/C9H7ClN2O2/c1-5(13)14-8-6-2-3-11-9(6)12-4-7(8)10/h2-4H,1H3,(H,11,12). The zero-order valence-electron chi connectivity index (χ0n) is 7.37. The van der Waals surface area contributed by atoms with Gasteiger partial charge in [-0.15, -0.1) is 0 Å². The summed E-state index contributed by atoms with van der Waals surface area (Å²) < 4.78 is 4.99. The van der Waals surface area contributed by atoms with Crippen molar-refractivity contribution in [2.75, 3.05) is 0 Å². The Hall–Kier alpha value is -1.55. The molecule has 0 spiro atoms. The number of carbonyl (C=O) groups is 1. The maximum Gasteiger partial charge on any atom is 0.308 e. The Morgan fingerprint density at radius 3 is 3.14 bits per heavy atom. The highest BCUT2D eigenvalue weighted by Gasteiger charge is 2.11. The average Bonchev–Trinajstić information content (AvgIpc) is 2.57. The molecule has 0 saturated heterocycles. The molecule has 2 aromatic heterocycles. The van der Waals surface area contributed by atoms with Crippen LogP contribution in [0.3, 0.4) is 0 Å². The van der Waals surface area contributed by atoms with Crippen molar-refractivity contribution in [3.05, 3.63) is 23.5 Å². The summed E-state index contributed by atoms with van der Waals surface area (Å²) in [7, 11) is 0. The molecule has 2 rings (SSSR count). The second-order valence-corrected chi connectivity index (χ2v) is 3.18. The number of H-pyrrole nitrogens is 1. The Morgan fingerprint density at radius 1 is 1.64 bits per heavy atom. The summed E-state index contributed by atoms with van der Waals surface area (Å²) in [6.45, 7) is 1.33. The molecule has 0 radical (unpaired) electrons. The highest BCUT2D eigenvalue weighted by Crippen LogP contribution is 2.31. The lowest BCUT2D eigenvalue weighted by Crippen LogP contribution is -2.02. The van der Waals surface area contributed by atoms with Gasteiger partial charge in [0.25, 0.3) is 0 Å². The zero-order valence-corrected chi connectivity index (χ0v) is 8.13. The van der Waals surface area contributed by atoms with Gasteiger partial charge in [-0.3, -0.25) is 4.79 Å². The van der Waals surface area contributed by atoms with Crippen molar-refractivity contribution in [1.82, 2.24) is 9.97 Å². The molecule has 0 atom stereocenters. The summed E-state index contributed by atoms with van der Waals surface area (Å²) >= 11 is 5.85. The molecular formula is C9H7ClN2O2. The topological polar surface area (TPSA) is 55.0 Å². The smallest absolute Gasteiger partial charge is 0.308 e. The fourth-order valence-electron chi connectivity index (χ4n) is 1.21. The quantitative estimate of drug-likeness (QED) is 0.734. The van der Waals surface area contributed by atoms with Gasteiger partial charge in [0.1, 0.15) is 10.7 Å². The average molecular weight is 211 g/mol. The molecule has 14 heavy (non-hydrogen) atoms. The summed E-state index contributed by atoms with van der Waals surface area (Å²) in [5.41, 5.74) is 0.644. The van der Waals surface area contributed by atoms with E-state index in [0.29, 0.717) is 21.8 Å². The Labute approximate surface area is 84.9 Å². The number of hydrogen-bond acceptors (Lipinski definition) is 3. The van der Waals surface area contributed by atoms with Gasteiger partial charge in [0.15, 0.2) is 5.75 Å². The van der Waals surface area contributed by atoms with E-state index in [9.17, 15) is 4.79 Å². The number of carbonyl (C=O) groups excluding carboxylic acids is 1. The summed E-state index contributed by atoms with van der Waals surface area (Å²) in [6.07, 6.45) is 3.15. The number of nitrogens with one attached hydrogen (secondary N) is 1. The monoisotopic (exact) mass is 210 g/mol. The molecule has 2 heterocycles. The summed E-state index contributed by atoms with van der Waals surface area (Å²) in [4.78, 5) is 17.7. The Balaban J connectivity index is 2.64. The molecular weight excluding hydrogens is 204 g/mol. The van der Waals surface area contributed by atoms with E-state index >= 15 is 0 Å². The lowest BCUT2D eigenvalue weighted by atomic mass is 10.3. The van der Waals surface area contributed by atoms with Gasteiger partial charge in [-0.25, -0.2) is 4.98 Å². The molecule has 5 heteroatoms. The minimum absolute atomic E-state index is 0.326. The van der Waals surface area contributed by atoms with Gasteiger partial charge in [0, 0.05) is 13.1 Å². The van der Waals surface area contributed by atoms with Crippen LogP contribution in [0.1, 0.15) is 6.92 Å². The third-order valence-electron chi connectivity index (χ3n) is 1.74. The molecule has 0 bridgehead atoms. The van der Waals surface area contributed by atoms with Crippen molar-refractivity contribution < 1.29 is 9.53 Å². The molecule has 2 aromatic rings. The van der Waals surface area contributed by atoms with Crippen LogP contribution in [0.5, 0.6) is 5.75 Å². The molecule has 0 amide bonds. The highest BCUT2D eigenvalue weighted by molar-refractivity contribution is 6.33. The number of pyridine rings is 1. The predicted molar refractivity (Wildman–Crippen MR) is 52.4 cm³/mol. The fraction of sp³-hybridized carbons (Fsp3) is 0.111. The van der Waals surface area contributed by atoms with Crippen LogP contribution in [-0.2, 0) is 4.79 Å². The second kappa shape index (κ2) is 3.31. The third kappa shape index (κ3) is 1.44. The molecule has 0 unspecified atom stereocenters. The van der Waals surface area contributed by atoms with E-state index in [2.05, 4.69) is 9.97 Å². The Kier molecular flexibility index (Phi) is 2.13. The van der Waals surface area contributed by atoms with Gasteiger partial charge >= 0.3 is 5.97 Å². The first-order valence-electron chi connectivity index (χ1n) is 3.98. The van der Waals surface area contributed by atoms with Crippen LogP contribution in [0.2, 0.25) is 5.02 Å². The maximum absolute atomic E-state index is 10.8. The molecule has 0 aliphatic carbocycles. The number of nitrogens with zero attached hydrogens (tertiary/aromatic N) is 1. The van der Waals surface area contributed by atoms with E-state index in [0.717, 1.165) is 0 Å². The van der Waals surface area contributed by atoms with E-state index in [1.54, 1.807) is 12.3 Å². The van der Waals surface area contributed by atoms with Gasteiger partial charge < -0.3 is 9.72 Å². The number of halogens is 1. The second-order valence-electron chi connectivity index (χ2n) is 2.77. The lowest BCUT2D eigenvalue weighted by Gasteiger charge is -2.04. The number of aromatic amines is 1. The van der Waals surface area contributed by atoms with E-state index in [-0.39, 0.29) is 0 Å². The Bertz CT molecular complexity index is 493. The van der Waals surface area contributed by atoms with Crippen molar-refractivity contribution in [2.45, 2.75) is 6.92 Å². The first kappa shape index (κ1) is 9.02. The Morgan fingerprint density at radius 2 is 2.43 bits per heavy atom. The molecule has 4 nitrogen and oxygen atoms in total. The van der Waals surface area contributed by atoms with Gasteiger partial charge in [0.05, 0.1) is 11.6 Å². The van der Waals surface area contributed by atoms with Crippen molar-refractivity contribution in [3.63, 3.8) is 0 Å². The summed E-state index contributed by atoms with van der Waals surface area (Å²) in [5, 5.41) is 1.03. The first-order valence-corrected chi connectivity index (χ1v) is 4.36. The van der Waals surface area contributed by atoms with Crippen LogP contribution in [-0.4, -0.2) is 15.9 Å². The number of fused-ring (bicyclic) bond motifs is 1. The van der Waals surface area contributed by atoms with E-state index in [1.807, 2.05) is 0 Å². The minimum atomic E-state index is -0.402. The lowest BCUT2D eigenvalue weighted by molar-refractivity contribution is -0.131. The minimum Gasteiger partial charge on any atom is -0.424 e. The van der Waals surface area contributed by atoms with E-state index in [4.69, 9.17) is 16.3 Å². The van der Waals surface area contributed by atoms with Crippen LogP contribution in [0.15, 0.2) is 18.5 Å². The number of rotatable bonds is 1. The van der Waals surface area contributed by atoms with Crippen molar-refractivity contribution in [3.8, 4) is 5.75 Å². The van der Waals surface area contributed by atoms with Crippen molar-refractivity contribution >= 4 is 28.6 Å². The van der Waals surface area contributed by atoms with Gasteiger partial charge in [-0.05, 0) is 6.07 Å². The van der Waals surface area contributed by atoms with Gasteiger partial charge in [-0.2, -0.15) is 0 Å². The molecule has 0 aromatic carbocycles. The molecule has 72 valence electrons. The van der Waals surface area contributed by atoms with Gasteiger partial charge in [0.2, 0.25) is 0 Å². The zero-order chi connectivity index (χ0) is 10.1. The molecule has 0 aliphatic rings. The van der Waals surface area contributed by atoms with E-state index in [1.165, 1.54) is 13.1 Å². The maximum atomic E-state index is 10.8. The number of aromatic nitrogens is 2. The largest absolute Gasteiger partial charge is 0.424 e. The molecule has 0 fully saturated rings. The van der Waals surface area contributed by atoms with Crippen LogP contribution in [0, 0.1) is 0 Å². The third-order valence-corrected chi connectivity index (χ3v) is 2.01. The summed E-state index contributed by atoms with van der Waals surface area (Å²) in [6, 6.07) is 1.76. The van der Waals surface area contributed by atoms with Crippen LogP contribution < -0.4 is 4.74 Å². The van der Waals surface area contributed by atoms with Crippen LogP contribution in [0.4, 0.5) is 0 Å². The van der Waals surface area contributed by atoms with Crippen LogP contribution in [0.25, 0.3) is 11.0 Å². The summed E-state index contributed by atoms with van der Waals surface area (Å²) in [5.74, 6) is -0.0500. The number of ether oxygens (including phenoxy) is 1. The van der Waals surface area contributed by atoms with Gasteiger partial charge in [-0.1, -0.05) is 11.6 Å². The number of esters is 1. The predicted octanol–water partition coefficient (Wildman–Crippen LogP) is 2.14. The SMILES string of the molecule is CC(=O)Oc1c(Cl)cnc2[nH]ccc12. The molecule has 0 saturated carbocycles.